The first-order valence-corrected chi connectivity index (χ1v) is 6.45. The van der Waals surface area contributed by atoms with Gasteiger partial charge in [-0.2, -0.15) is 13.2 Å². The molecule has 1 aromatic carbocycles. The molecule has 0 aromatic heterocycles. The number of carboxylic acid groups (broad SMARTS) is 1. The number of carbonyl (C=O) groups is 2. The van der Waals surface area contributed by atoms with E-state index in [9.17, 15) is 27.9 Å². The molecule has 1 aromatic rings. The number of halogens is 3. The zero-order chi connectivity index (χ0) is 16.5. The monoisotopic (exact) mass is 317 g/mol. The van der Waals surface area contributed by atoms with Crippen LogP contribution < -0.4 is 4.74 Å². The average molecular weight is 317 g/mol. The van der Waals surface area contributed by atoms with Gasteiger partial charge in [-0.3, -0.25) is 9.59 Å². The first-order valence-electron chi connectivity index (χ1n) is 6.45. The van der Waals surface area contributed by atoms with Gasteiger partial charge in [-0.15, -0.1) is 0 Å². The summed E-state index contributed by atoms with van der Waals surface area (Å²) in [7, 11) is 1.45. The standard InChI is InChI=1S/C14H14F3NO4/c1-22-10-4-2-9(3-5-10)13(12(20)21)6-7-18(8-13)11(19)14(15,16)17/h2-5H,6-8H2,1H3,(H,20,21). The molecule has 1 aliphatic rings. The van der Waals surface area contributed by atoms with Crippen molar-refractivity contribution in [2.24, 2.45) is 0 Å². The lowest BCUT2D eigenvalue weighted by atomic mass is 9.80. The Kier molecular flexibility index (Phi) is 4.04. The van der Waals surface area contributed by atoms with Crippen LogP contribution in [-0.4, -0.2) is 48.3 Å². The quantitative estimate of drug-likeness (QED) is 0.923. The molecule has 1 fully saturated rings. The minimum atomic E-state index is -5.01. The number of carboxylic acids is 1. The number of rotatable bonds is 3. The summed E-state index contributed by atoms with van der Waals surface area (Å²) >= 11 is 0. The number of alkyl halides is 3. The molecule has 1 amide bonds. The van der Waals surface area contributed by atoms with Gasteiger partial charge in [0.25, 0.3) is 0 Å². The predicted molar refractivity (Wildman–Crippen MR) is 69.6 cm³/mol. The third kappa shape index (κ3) is 2.72. The van der Waals surface area contributed by atoms with Gasteiger partial charge in [-0.05, 0) is 24.1 Å². The molecule has 1 unspecified atom stereocenters. The van der Waals surface area contributed by atoms with E-state index in [4.69, 9.17) is 4.74 Å². The molecule has 0 bridgehead atoms. The van der Waals surface area contributed by atoms with E-state index in [0.717, 1.165) is 0 Å². The number of hydrogen-bond donors (Lipinski definition) is 1. The van der Waals surface area contributed by atoms with Gasteiger partial charge < -0.3 is 14.7 Å². The molecule has 0 radical (unpaired) electrons. The number of likely N-dealkylation sites (tertiary alicyclic amines) is 1. The second-order valence-electron chi connectivity index (χ2n) is 5.09. The summed E-state index contributed by atoms with van der Waals surface area (Å²) in [5, 5.41) is 9.50. The van der Waals surface area contributed by atoms with Gasteiger partial charge in [0.1, 0.15) is 11.2 Å². The summed E-state index contributed by atoms with van der Waals surface area (Å²) in [6.45, 7) is -0.760. The number of methoxy groups -OCH3 is 1. The number of ether oxygens (including phenoxy) is 1. The first-order chi connectivity index (χ1) is 10.2. The Balaban J connectivity index is 2.31. The second kappa shape index (κ2) is 5.51. The first kappa shape index (κ1) is 16.1. The molecule has 2 rings (SSSR count). The summed E-state index contributed by atoms with van der Waals surface area (Å²) < 4.78 is 42.5. The van der Waals surface area contributed by atoms with Crippen molar-refractivity contribution < 1.29 is 32.6 Å². The highest BCUT2D eigenvalue weighted by atomic mass is 19.4. The van der Waals surface area contributed by atoms with E-state index in [1.807, 2.05) is 0 Å². The third-order valence-electron chi connectivity index (χ3n) is 3.85. The van der Waals surface area contributed by atoms with Gasteiger partial charge in [-0.25, -0.2) is 0 Å². The van der Waals surface area contributed by atoms with E-state index in [1.54, 1.807) is 0 Å². The highest BCUT2D eigenvalue weighted by Crippen LogP contribution is 2.37. The number of carbonyl (C=O) groups excluding carboxylic acids is 1. The maximum Gasteiger partial charge on any atom is 0.471 e. The Morgan fingerprint density at radius 1 is 1.27 bits per heavy atom. The zero-order valence-corrected chi connectivity index (χ0v) is 11.7. The van der Waals surface area contributed by atoms with Crippen molar-refractivity contribution >= 4 is 11.9 Å². The van der Waals surface area contributed by atoms with E-state index in [1.165, 1.54) is 31.4 Å². The molecule has 1 aliphatic heterocycles. The second-order valence-corrected chi connectivity index (χ2v) is 5.09. The van der Waals surface area contributed by atoms with Crippen LogP contribution in [0.2, 0.25) is 0 Å². The summed E-state index contributed by atoms with van der Waals surface area (Å²) in [6, 6.07) is 6.06. The molecule has 0 aliphatic carbocycles. The zero-order valence-electron chi connectivity index (χ0n) is 11.7. The fourth-order valence-corrected chi connectivity index (χ4v) is 2.61. The van der Waals surface area contributed by atoms with Gasteiger partial charge in [0.15, 0.2) is 0 Å². The molecule has 1 saturated heterocycles. The summed E-state index contributed by atoms with van der Waals surface area (Å²) in [5.74, 6) is -2.76. The number of amides is 1. The fourth-order valence-electron chi connectivity index (χ4n) is 2.61. The van der Waals surface area contributed by atoms with Crippen LogP contribution in [0.5, 0.6) is 5.75 Å². The lowest BCUT2D eigenvalue weighted by molar-refractivity contribution is -0.184. The van der Waals surface area contributed by atoms with Crippen molar-refractivity contribution in [3.63, 3.8) is 0 Å². The van der Waals surface area contributed by atoms with Crippen molar-refractivity contribution in [3.8, 4) is 5.75 Å². The molecule has 1 atom stereocenters. The SMILES string of the molecule is COc1ccc(C2(C(=O)O)CCN(C(=O)C(F)(F)F)C2)cc1. The highest BCUT2D eigenvalue weighted by Gasteiger charge is 2.52. The van der Waals surface area contributed by atoms with Crippen LogP contribution in [0.3, 0.4) is 0 Å². The van der Waals surface area contributed by atoms with Gasteiger partial charge in [-0.1, -0.05) is 12.1 Å². The van der Waals surface area contributed by atoms with Crippen molar-refractivity contribution in [3.05, 3.63) is 29.8 Å². The molecule has 0 spiro atoms. The van der Waals surface area contributed by atoms with E-state index >= 15 is 0 Å². The number of nitrogens with zero attached hydrogens (tertiary/aromatic N) is 1. The van der Waals surface area contributed by atoms with Crippen molar-refractivity contribution in [1.82, 2.24) is 4.90 Å². The Morgan fingerprint density at radius 2 is 1.86 bits per heavy atom. The number of aliphatic carboxylic acids is 1. The predicted octanol–water partition coefficient (Wildman–Crippen LogP) is 1.81. The fraction of sp³-hybridized carbons (Fsp3) is 0.429. The smallest absolute Gasteiger partial charge is 0.471 e. The number of benzene rings is 1. The minimum Gasteiger partial charge on any atom is -0.497 e. The van der Waals surface area contributed by atoms with Gasteiger partial charge in [0, 0.05) is 13.1 Å². The van der Waals surface area contributed by atoms with Crippen LogP contribution in [0.25, 0.3) is 0 Å². The minimum absolute atomic E-state index is 0.0729. The Bertz CT molecular complexity index is 585. The van der Waals surface area contributed by atoms with Crippen LogP contribution in [0.4, 0.5) is 13.2 Å². The molecule has 5 nitrogen and oxygen atoms in total. The van der Waals surface area contributed by atoms with Crippen LogP contribution in [0.15, 0.2) is 24.3 Å². The van der Waals surface area contributed by atoms with Gasteiger partial charge >= 0.3 is 18.1 Å². The Labute approximate surface area is 124 Å². The molecule has 1 heterocycles. The largest absolute Gasteiger partial charge is 0.497 e. The lowest BCUT2D eigenvalue weighted by Crippen LogP contribution is -2.44. The average Bonchev–Trinajstić information content (AvgIpc) is 2.92. The van der Waals surface area contributed by atoms with E-state index in [-0.39, 0.29) is 13.0 Å². The maximum absolute atomic E-state index is 12.5. The molecule has 22 heavy (non-hydrogen) atoms. The maximum atomic E-state index is 12.5. The highest BCUT2D eigenvalue weighted by molar-refractivity contribution is 5.87. The number of hydrogen-bond acceptors (Lipinski definition) is 3. The Morgan fingerprint density at radius 3 is 2.32 bits per heavy atom. The molecular formula is C14H14F3NO4. The van der Waals surface area contributed by atoms with E-state index < -0.39 is 30.0 Å². The summed E-state index contributed by atoms with van der Waals surface area (Å²) in [5.41, 5.74) is -1.19. The van der Waals surface area contributed by atoms with Gasteiger partial charge in [0.05, 0.1) is 7.11 Å². The van der Waals surface area contributed by atoms with Gasteiger partial charge in [0.2, 0.25) is 0 Å². The van der Waals surface area contributed by atoms with Crippen molar-refractivity contribution in [2.45, 2.75) is 18.0 Å². The van der Waals surface area contributed by atoms with Crippen molar-refractivity contribution in [2.75, 3.05) is 20.2 Å². The van der Waals surface area contributed by atoms with Crippen molar-refractivity contribution in [1.29, 1.82) is 0 Å². The molecule has 120 valence electrons. The van der Waals surface area contributed by atoms with Crippen LogP contribution in [0.1, 0.15) is 12.0 Å². The molecule has 0 saturated carbocycles. The van der Waals surface area contributed by atoms with Crippen LogP contribution >= 0.6 is 0 Å². The Hall–Kier alpha value is -2.25. The van der Waals surface area contributed by atoms with Crippen LogP contribution in [0, 0.1) is 0 Å². The summed E-state index contributed by atoms with van der Waals surface area (Å²) in [4.78, 5) is 23.5. The van der Waals surface area contributed by atoms with Crippen LogP contribution in [-0.2, 0) is 15.0 Å². The molecular weight excluding hydrogens is 303 g/mol. The van der Waals surface area contributed by atoms with E-state index in [2.05, 4.69) is 0 Å². The summed E-state index contributed by atoms with van der Waals surface area (Å²) in [6.07, 6.45) is -5.08. The normalized spacial score (nSPS) is 21.7. The van der Waals surface area contributed by atoms with E-state index in [0.29, 0.717) is 16.2 Å². The topological polar surface area (TPSA) is 66.8 Å². The molecule has 8 heteroatoms. The lowest BCUT2D eigenvalue weighted by Gasteiger charge is -2.25. The third-order valence-corrected chi connectivity index (χ3v) is 3.85. The molecule has 1 N–H and O–H groups in total.